The number of pyridine rings is 1. The zero-order valence-corrected chi connectivity index (χ0v) is 22.6. The molecule has 0 unspecified atom stereocenters. The second kappa shape index (κ2) is 9.74. The number of rotatable bonds is 5. The van der Waals surface area contributed by atoms with Gasteiger partial charge in [-0.2, -0.15) is 5.10 Å². The van der Waals surface area contributed by atoms with Gasteiger partial charge in [0, 0.05) is 22.4 Å². The van der Waals surface area contributed by atoms with Crippen molar-refractivity contribution in [1.82, 2.24) is 24.3 Å². The molecule has 0 saturated carbocycles. The van der Waals surface area contributed by atoms with E-state index < -0.39 is 15.4 Å². The van der Waals surface area contributed by atoms with Crippen LogP contribution in [0.15, 0.2) is 107 Å². The van der Waals surface area contributed by atoms with Crippen LogP contribution in [0.25, 0.3) is 45.1 Å². The van der Waals surface area contributed by atoms with E-state index in [-0.39, 0.29) is 16.1 Å². The minimum absolute atomic E-state index is 0.104. The number of nitrogen functional groups attached to an aromatic ring is 1. The fourth-order valence-corrected chi connectivity index (χ4v) is 5.34. The topological polar surface area (TPSA) is 126 Å². The Bertz CT molecular complexity index is 2040. The number of para-hydroxylation sites is 1. The van der Waals surface area contributed by atoms with E-state index in [1.165, 1.54) is 9.25 Å². The van der Waals surface area contributed by atoms with E-state index in [2.05, 4.69) is 10.1 Å². The van der Waals surface area contributed by atoms with Crippen LogP contribution in [0, 0.1) is 0 Å². The summed E-state index contributed by atoms with van der Waals surface area (Å²) in [6.07, 6.45) is 2.61. The maximum absolute atomic E-state index is 14.2. The van der Waals surface area contributed by atoms with Crippen molar-refractivity contribution in [3.63, 3.8) is 0 Å². The standard InChI is InChI=1S/C29H21ClN6O3S/c1-40(38,39)28-25-27(36(34-28)23-5-3-2-4-6-23)33-26(35(29(25)37)22-14-11-20(30)12-15-22)19-9-7-18(8-10-19)24-16-13-21(31)17-32-24/h2-17H,31H2,1H3. The molecule has 0 atom stereocenters. The van der Waals surface area contributed by atoms with Crippen LogP contribution in [0.3, 0.4) is 0 Å². The third-order valence-corrected chi connectivity index (χ3v) is 7.57. The number of hydrogen-bond donors (Lipinski definition) is 1. The van der Waals surface area contributed by atoms with E-state index in [4.69, 9.17) is 22.3 Å². The first-order valence-corrected chi connectivity index (χ1v) is 14.4. The van der Waals surface area contributed by atoms with Crippen molar-refractivity contribution in [2.75, 3.05) is 12.0 Å². The third-order valence-electron chi connectivity index (χ3n) is 6.33. The van der Waals surface area contributed by atoms with E-state index in [9.17, 15) is 13.2 Å². The van der Waals surface area contributed by atoms with Crippen molar-refractivity contribution in [2.45, 2.75) is 5.03 Å². The Morgan fingerprint density at radius 3 is 2.12 bits per heavy atom. The quantitative estimate of drug-likeness (QED) is 0.312. The number of sulfone groups is 1. The minimum Gasteiger partial charge on any atom is -0.397 e. The van der Waals surface area contributed by atoms with Gasteiger partial charge in [-0.1, -0.05) is 54.1 Å². The second-order valence-electron chi connectivity index (χ2n) is 9.13. The van der Waals surface area contributed by atoms with Gasteiger partial charge in [-0.3, -0.25) is 14.3 Å². The first kappa shape index (κ1) is 25.5. The van der Waals surface area contributed by atoms with Gasteiger partial charge in [0.2, 0.25) is 0 Å². The molecule has 0 aliphatic heterocycles. The van der Waals surface area contributed by atoms with Crippen LogP contribution in [-0.4, -0.2) is 39.0 Å². The highest BCUT2D eigenvalue weighted by molar-refractivity contribution is 7.90. The summed E-state index contributed by atoms with van der Waals surface area (Å²) in [7, 11) is -3.88. The monoisotopic (exact) mass is 568 g/mol. The van der Waals surface area contributed by atoms with E-state index in [1.807, 2.05) is 36.4 Å². The van der Waals surface area contributed by atoms with Gasteiger partial charge < -0.3 is 5.73 Å². The van der Waals surface area contributed by atoms with E-state index in [0.29, 0.717) is 33.5 Å². The van der Waals surface area contributed by atoms with Crippen LogP contribution >= 0.6 is 11.6 Å². The lowest BCUT2D eigenvalue weighted by molar-refractivity contribution is 0.597. The van der Waals surface area contributed by atoms with Crippen LogP contribution in [0.1, 0.15) is 0 Å². The molecule has 40 heavy (non-hydrogen) atoms. The predicted octanol–water partition coefficient (Wildman–Crippen LogP) is 4.94. The number of nitrogens with two attached hydrogens (primary N) is 1. The average Bonchev–Trinajstić information content (AvgIpc) is 3.36. The summed E-state index contributed by atoms with van der Waals surface area (Å²) in [4.78, 5) is 23.4. The van der Waals surface area contributed by atoms with Gasteiger partial charge in [0.1, 0.15) is 11.2 Å². The molecule has 3 heterocycles. The minimum atomic E-state index is -3.88. The highest BCUT2D eigenvalue weighted by Gasteiger charge is 2.27. The van der Waals surface area contributed by atoms with E-state index in [1.54, 1.807) is 60.8 Å². The molecule has 2 N–H and O–H groups in total. The normalized spacial score (nSPS) is 11.7. The number of halogens is 1. The molecule has 0 fully saturated rings. The molecule has 0 aliphatic carbocycles. The van der Waals surface area contributed by atoms with Crippen molar-refractivity contribution in [3.05, 3.63) is 113 Å². The summed E-state index contributed by atoms with van der Waals surface area (Å²) in [5.74, 6) is 0.300. The summed E-state index contributed by atoms with van der Waals surface area (Å²) >= 11 is 6.12. The molecule has 0 amide bonds. The van der Waals surface area contributed by atoms with Crippen LogP contribution in [0.5, 0.6) is 0 Å². The van der Waals surface area contributed by atoms with Crippen LogP contribution in [0.4, 0.5) is 5.69 Å². The lowest BCUT2D eigenvalue weighted by Crippen LogP contribution is -2.23. The largest absolute Gasteiger partial charge is 0.397 e. The Kier molecular flexibility index (Phi) is 6.21. The fraction of sp³-hybridized carbons (Fsp3) is 0.0345. The Hall–Kier alpha value is -4.80. The number of benzene rings is 3. The summed E-state index contributed by atoms with van der Waals surface area (Å²) < 4.78 is 28.4. The Labute approximate surface area is 234 Å². The summed E-state index contributed by atoms with van der Waals surface area (Å²) in [6, 6.07) is 26.6. The highest BCUT2D eigenvalue weighted by atomic mass is 35.5. The molecule has 0 saturated heterocycles. The van der Waals surface area contributed by atoms with Gasteiger partial charge >= 0.3 is 0 Å². The number of anilines is 1. The van der Waals surface area contributed by atoms with Gasteiger partial charge in [-0.25, -0.2) is 18.1 Å². The maximum atomic E-state index is 14.2. The van der Waals surface area contributed by atoms with Gasteiger partial charge in [-0.05, 0) is 48.5 Å². The number of hydrogen-bond acceptors (Lipinski definition) is 7. The molecular formula is C29H21ClN6O3S. The fourth-order valence-electron chi connectivity index (χ4n) is 4.44. The van der Waals surface area contributed by atoms with E-state index >= 15 is 0 Å². The molecule has 11 heteroatoms. The van der Waals surface area contributed by atoms with Gasteiger partial charge in [0.15, 0.2) is 20.5 Å². The van der Waals surface area contributed by atoms with Crippen molar-refractivity contribution in [1.29, 1.82) is 0 Å². The smallest absolute Gasteiger partial charge is 0.270 e. The molecule has 0 radical (unpaired) electrons. The molecule has 0 aliphatic rings. The lowest BCUT2D eigenvalue weighted by Gasteiger charge is -2.14. The summed E-state index contributed by atoms with van der Waals surface area (Å²) in [5, 5.41) is 4.39. The Morgan fingerprint density at radius 2 is 1.50 bits per heavy atom. The molecule has 198 valence electrons. The lowest BCUT2D eigenvalue weighted by atomic mass is 10.1. The van der Waals surface area contributed by atoms with Gasteiger partial charge in [0.25, 0.3) is 5.56 Å². The highest BCUT2D eigenvalue weighted by Crippen LogP contribution is 2.29. The molecular weight excluding hydrogens is 548 g/mol. The zero-order chi connectivity index (χ0) is 28.0. The predicted molar refractivity (Wildman–Crippen MR) is 156 cm³/mol. The molecule has 6 aromatic rings. The average molecular weight is 569 g/mol. The van der Waals surface area contributed by atoms with Crippen molar-refractivity contribution >= 4 is 38.2 Å². The SMILES string of the molecule is CS(=O)(=O)c1nn(-c2ccccc2)c2nc(-c3ccc(-c4ccc(N)cn4)cc3)n(-c3ccc(Cl)cc3)c(=O)c12. The Morgan fingerprint density at radius 1 is 0.825 bits per heavy atom. The number of fused-ring (bicyclic) bond motifs is 1. The van der Waals surface area contributed by atoms with Gasteiger partial charge in [-0.15, -0.1) is 0 Å². The number of aromatic nitrogens is 5. The van der Waals surface area contributed by atoms with Crippen molar-refractivity contribution in [2.24, 2.45) is 0 Å². The summed E-state index contributed by atoms with van der Waals surface area (Å²) in [6.45, 7) is 0. The Balaban J connectivity index is 1.66. The van der Waals surface area contributed by atoms with Crippen LogP contribution < -0.4 is 11.3 Å². The molecule has 9 nitrogen and oxygen atoms in total. The first-order chi connectivity index (χ1) is 19.2. The molecule has 0 bridgehead atoms. The third kappa shape index (κ3) is 4.53. The first-order valence-electron chi connectivity index (χ1n) is 12.1. The van der Waals surface area contributed by atoms with E-state index in [0.717, 1.165) is 17.5 Å². The van der Waals surface area contributed by atoms with Crippen molar-refractivity contribution in [3.8, 4) is 34.0 Å². The molecule has 3 aromatic heterocycles. The second-order valence-corrected chi connectivity index (χ2v) is 11.5. The van der Waals surface area contributed by atoms with Crippen LogP contribution in [-0.2, 0) is 9.84 Å². The molecule has 3 aromatic carbocycles. The zero-order valence-electron chi connectivity index (χ0n) is 21.1. The number of nitrogens with zero attached hydrogens (tertiary/aromatic N) is 5. The van der Waals surface area contributed by atoms with Crippen LogP contribution in [0.2, 0.25) is 5.02 Å². The summed E-state index contributed by atoms with van der Waals surface area (Å²) in [5.41, 5.74) is 9.12. The molecule has 6 rings (SSSR count). The van der Waals surface area contributed by atoms with Gasteiger partial charge in [0.05, 0.1) is 29.0 Å². The molecule has 0 spiro atoms. The van der Waals surface area contributed by atoms with Crippen molar-refractivity contribution < 1.29 is 8.42 Å². The maximum Gasteiger partial charge on any atom is 0.270 e.